The lowest BCUT2D eigenvalue weighted by atomic mass is 10.1. The molecule has 0 saturated heterocycles. The largest absolute Gasteiger partial charge is 0.331 e. The molecule has 4 rings (SSSR count). The van der Waals surface area contributed by atoms with Gasteiger partial charge in [0.2, 0.25) is 0 Å². The van der Waals surface area contributed by atoms with Gasteiger partial charge in [-0.3, -0.25) is 0 Å². The van der Waals surface area contributed by atoms with E-state index in [0.717, 1.165) is 26.6 Å². The number of rotatable bonds is 5. The Morgan fingerprint density at radius 3 is 1.50 bits per heavy atom. The van der Waals surface area contributed by atoms with E-state index in [1.807, 2.05) is 97.1 Å². The molecule has 32 heavy (non-hydrogen) atoms. The molecule has 0 saturated carbocycles. The summed E-state index contributed by atoms with van der Waals surface area (Å²) in [6.45, 7) is 0. The fourth-order valence-corrected chi connectivity index (χ4v) is 4.58. The van der Waals surface area contributed by atoms with Gasteiger partial charge < -0.3 is 5.32 Å². The number of benzene rings is 4. The summed E-state index contributed by atoms with van der Waals surface area (Å²) in [4.78, 5) is 0. The molecule has 0 radical (unpaired) electrons. The number of thiocarbonyl (C=S) groups is 1. The highest BCUT2D eigenvalue weighted by Gasteiger charge is 2.23. The van der Waals surface area contributed by atoms with Gasteiger partial charge in [0, 0.05) is 5.69 Å². The zero-order chi connectivity index (χ0) is 22.6. The third-order valence-corrected chi connectivity index (χ3v) is 6.19. The van der Waals surface area contributed by atoms with E-state index in [-0.39, 0.29) is 5.11 Å². The van der Waals surface area contributed by atoms with Gasteiger partial charge in [0.1, 0.15) is 0 Å². The van der Waals surface area contributed by atoms with Crippen molar-refractivity contribution in [3.63, 3.8) is 0 Å². The third-order valence-electron chi connectivity index (χ3n) is 4.89. The van der Waals surface area contributed by atoms with Gasteiger partial charge in [-0.25, -0.2) is 9.44 Å². The fraction of sp³-hybridized carbons (Fsp3) is 0. The van der Waals surface area contributed by atoms with Crippen LogP contribution in [-0.2, 0) is 10.2 Å². The van der Waals surface area contributed by atoms with Crippen LogP contribution < -0.4 is 14.8 Å². The lowest BCUT2D eigenvalue weighted by Crippen LogP contribution is -2.43. The normalized spacial score (nSPS) is 11.0. The minimum absolute atomic E-state index is 0.0348. The summed E-state index contributed by atoms with van der Waals surface area (Å²) >= 11 is 5.40. The molecule has 0 fully saturated rings. The third kappa shape index (κ3) is 5.03. The van der Waals surface area contributed by atoms with Crippen LogP contribution in [0.2, 0.25) is 0 Å². The molecular weight excluding hydrogens is 438 g/mol. The van der Waals surface area contributed by atoms with Gasteiger partial charge in [-0.05, 0) is 58.7 Å². The van der Waals surface area contributed by atoms with E-state index in [4.69, 9.17) is 17.4 Å². The number of anilines is 2. The van der Waals surface area contributed by atoms with Crippen molar-refractivity contribution in [1.29, 1.82) is 0 Å². The van der Waals surface area contributed by atoms with Crippen LogP contribution in [0.25, 0.3) is 22.3 Å². The zero-order valence-corrected chi connectivity index (χ0v) is 18.7. The Labute approximate surface area is 193 Å². The second-order valence-corrected chi connectivity index (χ2v) is 8.88. The molecule has 0 heterocycles. The summed E-state index contributed by atoms with van der Waals surface area (Å²) in [5.74, 6) is 0. The Balaban J connectivity index is 1.55. The molecule has 160 valence electrons. The summed E-state index contributed by atoms with van der Waals surface area (Å²) in [7, 11) is -4.14. The first-order valence-electron chi connectivity index (χ1n) is 9.87. The molecule has 0 unspecified atom stereocenters. The molecule has 5 nitrogen and oxygen atoms in total. The topological polar surface area (TPSA) is 75.4 Å². The zero-order valence-electron chi connectivity index (χ0n) is 17.0. The highest BCUT2D eigenvalue weighted by molar-refractivity contribution is 7.93. The standard InChI is InChI=1S/C25H21N3O2S2/c26-32(29,30)28(24-17-13-22(14-18-24)20-9-5-2-6-10-20)25(31)27-23-15-11-21(12-16-23)19-7-3-1-4-8-19/h1-18H,(H,27,31)(H2,26,29,30). The Hall–Kier alpha value is -3.52. The number of hydrogen-bond acceptors (Lipinski definition) is 3. The Kier molecular flexibility index (Phi) is 6.32. The maximum Gasteiger partial charge on any atom is 0.305 e. The van der Waals surface area contributed by atoms with E-state index in [1.54, 1.807) is 12.1 Å². The van der Waals surface area contributed by atoms with E-state index < -0.39 is 10.2 Å². The van der Waals surface area contributed by atoms with Crippen molar-refractivity contribution in [3.8, 4) is 22.3 Å². The maximum absolute atomic E-state index is 12.3. The van der Waals surface area contributed by atoms with Crippen molar-refractivity contribution in [2.75, 3.05) is 9.62 Å². The molecule has 4 aromatic carbocycles. The summed E-state index contributed by atoms with van der Waals surface area (Å²) < 4.78 is 25.6. The van der Waals surface area contributed by atoms with E-state index in [1.165, 1.54) is 0 Å². The van der Waals surface area contributed by atoms with Crippen molar-refractivity contribution >= 4 is 38.9 Å². The molecule has 0 aliphatic heterocycles. The molecular formula is C25H21N3O2S2. The monoisotopic (exact) mass is 459 g/mol. The minimum atomic E-state index is -4.14. The number of nitrogens with one attached hydrogen (secondary N) is 1. The van der Waals surface area contributed by atoms with Gasteiger partial charge in [-0.2, -0.15) is 8.42 Å². The van der Waals surface area contributed by atoms with Gasteiger partial charge >= 0.3 is 10.2 Å². The molecule has 0 aliphatic carbocycles. The average molecular weight is 460 g/mol. The predicted molar refractivity (Wildman–Crippen MR) is 136 cm³/mol. The van der Waals surface area contributed by atoms with E-state index in [2.05, 4.69) is 5.32 Å². The number of nitrogens with zero attached hydrogens (tertiary/aromatic N) is 1. The van der Waals surface area contributed by atoms with Crippen molar-refractivity contribution in [2.24, 2.45) is 5.14 Å². The van der Waals surface area contributed by atoms with Crippen LogP contribution in [-0.4, -0.2) is 13.5 Å². The molecule has 0 aromatic heterocycles. The van der Waals surface area contributed by atoms with Crippen LogP contribution in [0.15, 0.2) is 109 Å². The molecule has 4 aromatic rings. The van der Waals surface area contributed by atoms with Crippen LogP contribution >= 0.6 is 12.2 Å². The van der Waals surface area contributed by atoms with Gasteiger partial charge in [-0.1, -0.05) is 84.9 Å². The smallest absolute Gasteiger partial charge is 0.305 e. The fourth-order valence-electron chi connectivity index (χ4n) is 3.35. The second kappa shape index (κ2) is 9.32. The van der Waals surface area contributed by atoms with Crippen LogP contribution in [0.4, 0.5) is 11.4 Å². The summed E-state index contributed by atoms with van der Waals surface area (Å²) in [6, 6.07) is 34.4. The summed E-state index contributed by atoms with van der Waals surface area (Å²) in [6.07, 6.45) is 0. The lowest BCUT2D eigenvalue weighted by Gasteiger charge is -2.23. The van der Waals surface area contributed by atoms with Gasteiger partial charge in [-0.15, -0.1) is 0 Å². The van der Waals surface area contributed by atoms with E-state index >= 15 is 0 Å². The van der Waals surface area contributed by atoms with Crippen molar-refractivity contribution in [3.05, 3.63) is 109 Å². The van der Waals surface area contributed by atoms with Gasteiger partial charge in [0.15, 0.2) is 5.11 Å². The molecule has 0 amide bonds. The first kappa shape index (κ1) is 21.7. The van der Waals surface area contributed by atoms with Crippen LogP contribution in [0.5, 0.6) is 0 Å². The van der Waals surface area contributed by atoms with Gasteiger partial charge in [0.05, 0.1) is 5.69 Å². The number of hydrogen-bond donors (Lipinski definition) is 2. The molecule has 3 N–H and O–H groups in total. The summed E-state index contributed by atoms with van der Waals surface area (Å²) in [5, 5.41) is 8.42. The Morgan fingerprint density at radius 1 is 0.656 bits per heavy atom. The first-order chi connectivity index (χ1) is 15.4. The minimum Gasteiger partial charge on any atom is -0.331 e. The quantitative estimate of drug-likeness (QED) is 0.390. The highest BCUT2D eigenvalue weighted by atomic mass is 32.2. The van der Waals surface area contributed by atoms with Crippen LogP contribution in [0, 0.1) is 0 Å². The van der Waals surface area contributed by atoms with Crippen LogP contribution in [0.3, 0.4) is 0 Å². The molecule has 7 heteroatoms. The molecule has 0 bridgehead atoms. The molecule has 0 aliphatic rings. The van der Waals surface area contributed by atoms with Crippen molar-refractivity contribution < 1.29 is 8.42 Å². The molecule has 0 atom stereocenters. The SMILES string of the molecule is NS(=O)(=O)N(C(=S)Nc1ccc(-c2ccccc2)cc1)c1ccc(-c2ccccc2)cc1. The Morgan fingerprint density at radius 2 is 1.06 bits per heavy atom. The lowest BCUT2D eigenvalue weighted by molar-refractivity contribution is 0.599. The summed E-state index contributed by atoms with van der Waals surface area (Å²) in [5.41, 5.74) is 5.13. The average Bonchev–Trinajstić information content (AvgIpc) is 2.80. The van der Waals surface area contributed by atoms with Crippen molar-refractivity contribution in [2.45, 2.75) is 0 Å². The highest BCUT2D eigenvalue weighted by Crippen LogP contribution is 2.26. The maximum atomic E-state index is 12.3. The predicted octanol–water partition coefficient (Wildman–Crippen LogP) is 5.43. The van der Waals surface area contributed by atoms with Crippen molar-refractivity contribution in [1.82, 2.24) is 0 Å². The Bertz CT molecular complexity index is 1310. The van der Waals surface area contributed by atoms with E-state index in [9.17, 15) is 8.42 Å². The van der Waals surface area contributed by atoms with E-state index in [0.29, 0.717) is 11.4 Å². The first-order valence-corrected chi connectivity index (χ1v) is 11.8. The van der Waals surface area contributed by atoms with Gasteiger partial charge in [0.25, 0.3) is 0 Å². The number of nitrogens with two attached hydrogens (primary N) is 1. The van der Waals surface area contributed by atoms with Crippen LogP contribution in [0.1, 0.15) is 0 Å². The molecule has 0 spiro atoms. The second-order valence-electron chi connectivity index (χ2n) is 7.10.